The lowest BCUT2D eigenvalue weighted by atomic mass is 9.89. The van der Waals surface area contributed by atoms with E-state index in [1.165, 1.54) is 12.3 Å². The SMILES string of the molecule is CCOC(=O)c1c(CN2CCOCC2)oc2c1C(=O)c1ncccc1C2=O. The van der Waals surface area contributed by atoms with Crippen molar-refractivity contribution in [3.8, 4) is 0 Å². The summed E-state index contributed by atoms with van der Waals surface area (Å²) in [7, 11) is 0. The Morgan fingerprint density at radius 2 is 2.04 bits per heavy atom. The van der Waals surface area contributed by atoms with Crippen LogP contribution in [0.4, 0.5) is 0 Å². The maximum atomic E-state index is 13.0. The molecule has 0 atom stereocenters. The Morgan fingerprint density at radius 3 is 2.78 bits per heavy atom. The molecule has 1 fully saturated rings. The smallest absolute Gasteiger partial charge is 0.342 e. The van der Waals surface area contributed by atoms with Gasteiger partial charge in [0, 0.05) is 19.3 Å². The first kappa shape index (κ1) is 17.6. The first-order valence-corrected chi connectivity index (χ1v) is 8.79. The molecule has 0 radical (unpaired) electrons. The second-order valence-corrected chi connectivity index (χ2v) is 6.27. The molecule has 27 heavy (non-hydrogen) atoms. The predicted molar refractivity (Wildman–Crippen MR) is 91.9 cm³/mol. The number of carbonyl (C=O) groups is 3. The highest BCUT2D eigenvalue weighted by Crippen LogP contribution is 2.33. The van der Waals surface area contributed by atoms with E-state index in [9.17, 15) is 14.4 Å². The molecule has 1 aliphatic carbocycles. The van der Waals surface area contributed by atoms with Crippen LogP contribution >= 0.6 is 0 Å². The maximum absolute atomic E-state index is 13.0. The number of aromatic nitrogens is 1. The number of ketones is 2. The van der Waals surface area contributed by atoms with Crippen molar-refractivity contribution in [2.45, 2.75) is 13.5 Å². The molecule has 0 aromatic carbocycles. The monoisotopic (exact) mass is 370 g/mol. The van der Waals surface area contributed by atoms with Crippen LogP contribution in [0.5, 0.6) is 0 Å². The lowest BCUT2D eigenvalue weighted by molar-refractivity contribution is 0.0305. The molecular formula is C19H18N2O6. The summed E-state index contributed by atoms with van der Waals surface area (Å²) in [5.74, 6) is -1.49. The highest BCUT2D eigenvalue weighted by molar-refractivity contribution is 6.29. The van der Waals surface area contributed by atoms with Crippen molar-refractivity contribution < 1.29 is 28.3 Å². The molecule has 140 valence electrons. The van der Waals surface area contributed by atoms with Crippen LogP contribution in [0.1, 0.15) is 55.2 Å². The molecular weight excluding hydrogens is 352 g/mol. The van der Waals surface area contributed by atoms with Crippen LogP contribution in [-0.4, -0.2) is 60.3 Å². The quantitative estimate of drug-likeness (QED) is 0.637. The second kappa shape index (κ2) is 7.05. The van der Waals surface area contributed by atoms with Gasteiger partial charge in [-0.1, -0.05) is 0 Å². The third-order valence-electron chi connectivity index (χ3n) is 4.63. The van der Waals surface area contributed by atoms with Crippen molar-refractivity contribution in [3.05, 3.63) is 52.2 Å². The average molecular weight is 370 g/mol. The van der Waals surface area contributed by atoms with Gasteiger partial charge in [-0.15, -0.1) is 0 Å². The van der Waals surface area contributed by atoms with Crippen molar-refractivity contribution >= 4 is 17.5 Å². The Kier molecular flexibility index (Phi) is 4.59. The van der Waals surface area contributed by atoms with Gasteiger partial charge in [0.15, 0.2) is 5.76 Å². The van der Waals surface area contributed by atoms with Gasteiger partial charge in [-0.3, -0.25) is 19.5 Å². The number of rotatable bonds is 4. The number of pyridine rings is 1. The van der Waals surface area contributed by atoms with Gasteiger partial charge in [0.2, 0.25) is 11.6 Å². The average Bonchev–Trinajstić information content (AvgIpc) is 3.07. The van der Waals surface area contributed by atoms with Crippen molar-refractivity contribution in [1.82, 2.24) is 9.88 Å². The number of morpholine rings is 1. The van der Waals surface area contributed by atoms with E-state index in [0.29, 0.717) is 26.3 Å². The molecule has 4 rings (SSSR count). The lowest BCUT2D eigenvalue weighted by Crippen LogP contribution is -2.36. The van der Waals surface area contributed by atoms with Crippen LogP contribution in [0.3, 0.4) is 0 Å². The van der Waals surface area contributed by atoms with Crippen molar-refractivity contribution in [3.63, 3.8) is 0 Å². The van der Waals surface area contributed by atoms with E-state index in [2.05, 4.69) is 4.98 Å². The topological polar surface area (TPSA) is 98.9 Å². The Balaban J connectivity index is 1.82. The van der Waals surface area contributed by atoms with Gasteiger partial charge in [-0.25, -0.2) is 4.79 Å². The van der Waals surface area contributed by atoms with Gasteiger partial charge in [0.1, 0.15) is 17.0 Å². The molecule has 0 spiro atoms. The Bertz CT molecular complexity index is 926. The van der Waals surface area contributed by atoms with Gasteiger partial charge >= 0.3 is 5.97 Å². The van der Waals surface area contributed by atoms with Gasteiger partial charge in [-0.2, -0.15) is 0 Å². The molecule has 1 aliphatic heterocycles. The third-order valence-corrected chi connectivity index (χ3v) is 4.63. The molecule has 0 amide bonds. The Labute approximate surface area is 155 Å². The first-order valence-electron chi connectivity index (χ1n) is 8.79. The summed E-state index contributed by atoms with van der Waals surface area (Å²) in [6.45, 7) is 4.58. The number of hydrogen-bond donors (Lipinski definition) is 0. The predicted octanol–water partition coefficient (Wildman–Crippen LogP) is 1.46. The number of nitrogens with zero attached hydrogens (tertiary/aromatic N) is 2. The van der Waals surface area contributed by atoms with E-state index in [0.717, 1.165) is 0 Å². The largest absolute Gasteiger partial charge is 0.462 e. The van der Waals surface area contributed by atoms with E-state index in [1.54, 1.807) is 13.0 Å². The summed E-state index contributed by atoms with van der Waals surface area (Å²) >= 11 is 0. The zero-order valence-corrected chi connectivity index (χ0v) is 14.8. The number of furan rings is 1. The summed E-state index contributed by atoms with van der Waals surface area (Å²) in [4.78, 5) is 44.5. The number of fused-ring (bicyclic) bond motifs is 2. The minimum absolute atomic E-state index is 0.0213. The van der Waals surface area contributed by atoms with Crippen LogP contribution in [0, 0.1) is 0 Å². The minimum Gasteiger partial charge on any atom is -0.462 e. The molecule has 8 heteroatoms. The van der Waals surface area contributed by atoms with Gasteiger partial charge < -0.3 is 13.9 Å². The summed E-state index contributed by atoms with van der Waals surface area (Å²) in [6.07, 6.45) is 1.44. The molecule has 2 aliphatic rings. The zero-order chi connectivity index (χ0) is 19.0. The van der Waals surface area contributed by atoms with Gasteiger partial charge in [-0.05, 0) is 19.1 Å². The molecule has 0 N–H and O–H groups in total. The number of esters is 1. The summed E-state index contributed by atoms with van der Waals surface area (Å²) < 4.78 is 16.2. The molecule has 0 saturated carbocycles. The van der Waals surface area contributed by atoms with Gasteiger partial charge in [0.25, 0.3) is 0 Å². The summed E-state index contributed by atoms with van der Waals surface area (Å²) in [5, 5.41) is 0. The van der Waals surface area contributed by atoms with Crippen molar-refractivity contribution in [1.29, 1.82) is 0 Å². The standard InChI is InChI=1S/C19H18N2O6/c1-2-26-19(24)13-12(10-21-6-8-25-9-7-21)27-18-14(13)17(23)15-11(16(18)22)4-3-5-20-15/h3-5H,2,6-10H2,1H3. The zero-order valence-electron chi connectivity index (χ0n) is 14.8. The molecule has 2 aromatic heterocycles. The van der Waals surface area contributed by atoms with E-state index < -0.39 is 17.5 Å². The van der Waals surface area contributed by atoms with E-state index in [-0.39, 0.29) is 47.1 Å². The molecule has 2 aromatic rings. The fourth-order valence-corrected chi connectivity index (χ4v) is 3.36. The van der Waals surface area contributed by atoms with Crippen LogP contribution in [-0.2, 0) is 16.0 Å². The number of carbonyl (C=O) groups excluding carboxylic acids is 3. The normalized spacial score (nSPS) is 16.8. The minimum atomic E-state index is -0.675. The van der Waals surface area contributed by atoms with Crippen molar-refractivity contribution in [2.75, 3.05) is 32.9 Å². The van der Waals surface area contributed by atoms with Crippen LogP contribution in [0.15, 0.2) is 22.7 Å². The van der Waals surface area contributed by atoms with Crippen LogP contribution in [0.2, 0.25) is 0 Å². The van der Waals surface area contributed by atoms with Crippen molar-refractivity contribution in [2.24, 2.45) is 0 Å². The van der Waals surface area contributed by atoms with Crippen LogP contribution < -0.4 is 0 Å². The first-order chi connectivity index (χ1) is 13.1. The second-order valence-electron chi connectivity index (χ2n) is 6.27. The fourth-order valence-electron chi connectivity index (χ4n) is 3.36. The molecule has 1 saturated heterocycles. The number of hydrogen-bond acceptors (Lipinski definition) is 8. The fraction of sp³-hybridized carbons (Fsp3) is 0.368. The molecule has 8 nitrogen and oxygen atoms in total. The molecule has 0 bridgehead atoms. The lowest BCUT2D eigenvalue weighted by Gasteiger charge is -2.25. The third kappa shape index (κ3) is 2.96. The van der Waals surface area contributed by atoms with E-state index in [4.69, 9.17) is 13.9 Å². The highest BCUT2D eigenvalue weighted by Gasteiger charge is 2.40. The van der Waals surface area contributed by atoms with Gasteiger partial charge in [0.05, 0.1) is 37.5 Å². The highest BCUT2D eigenvalue weighted by atomic mass is 16.5. The van der Waals surface area contributed by atoms with Crippen LogP contribution in [0.25, 0.3) is 0 Å². The number of ether oxygens (including phenoxy) is 2. The molecule has 3 heterocycles. The van der Waals surface area contributed by atoms with E-state index in [1.807, 2.05) is 4.90 Å². The Morgan fingerprint density at radius 1 is 1.26 bits per heavy atom. The maximum Gasteiger partial charge on any atom is 0.342 e. The summed E-state index contributed by atoms with van der Waals surface area (Å²) in [5.41, 5.74) is 0.178. The van der Waals surface area contributed by atoms with E-state index >= 15 is 0 Å². The molecule has 0 unspecified atom stereocenters. The Hall–Kier alpha value is -2.84. The summed E-state index contributed by atoms with van der Waals surface area (Å²) in [6, 6.07) is 3.11.